The van der Waals surface area contributed by atoms with Crippen LogP contribution >= 0.6 is 0 Å². The predicted octanol–water partition coefficient (Wildman–Crippen LogP) is 2.12. The molecule has 7 heteroatoms. The van der Waals surface area contributed by atoms with Crippen molar-refractivity contribution in [2.24, 2.45) is 4.99 Å². The smallest absolute Gasteiger partial charge is 0.270 e. The highest BCUT2D eigenvalue weighted by molar-refractivity contribution is 5.95. The molecule has 2 rings (SSSR count). The van der Waals surface area contributed by atoms with E-state index in [-0.39, 0.29) is 17.0 Å². The van der Waals surface area contributed by atoms with Gasteiger partial charge >= 0.3 is 0 Å². The van der Waals surface area contributed by atoms with Crippen LogP contribution in [0.25, 0.3) is 0 Å². The van der Waals surface area contributed by atoms with Crippen molar-refractivity contribution in [3.63, 3.8) is 0 Å². The van der Waals surface area contributed by atoms with Crippen LogP contribution in [0.3, 0.4) is 0 Å². The average Bonchev–Trinajstić information content (AvgIpc) is 2.47. The van der Waals surface area contributed by atoms with Gasteiger partial charge in [-0.05, 0) is 18.2 Å². The molecule has 1 aromatic carbocycles. The number of aliphatic imine (C=N–C) groups is 1. The van der Waals surface area contributed by atoms with E-state index < -0.39 is 16.9 Å². The number of carbonyl (C=O) groups excluding carboxylic acids is 1. The lowest BCUT2D eigenvalue weighted by atomic mass is 10.1. The molecule has 0 saturated heterocycles. The minimum atomic E-state index is -0.714. The molecule has 1 atom stereocenters. The molecular formula is C14H13N3O4. The second kappa shape index (κ2) is 6.47. The standard InChI is InChI=1S/C14H13N3O4/c18-13-5-2-7-15-8-6-12(13)16-14(19)10-3-1-4-11(9-10)17(20)21/h1,3-9,12,18H,2H2,(H,16,19)/b8-6?,13-5+,15-7?. The van der Waals surface area contributed by atoms with Gasteiger partial charge in [-0.25, -0.2) is 0 Å². The maximum absolute atomic E-state index is 12.1. The molecule has 1 aromatic rings. The highest BCUT2D eigenvalue weighted by atomic mass is 16.6. The molecule has 1 aliphatic rings. The van der Waals surface area contributed by atoms with Crippen molar-refractivity contribution in [1.82, 2.24) is 5.32 Å². The Kier molecular flexibility index (Phi) is 4.45. The van der Waals surface area contributed by atoms with E-state index >= 15 is 0 Å². The van der Waals surface area contributed by atoms with E-state index in [1.807, 2.05) is 0 Å². The minimum absolute atomic E-state index is 0.00354. The molecule has 7 nitrogen and oxygen atoms in total. The van der Waals surface area contributed by atoms with E-state index in [0.29, 0.717) is 6.42 Å². The van der Waals surface area contributed by atoms with Gasteiger partial charge in [-0.1, -0.05) is 6.07 Å². The fourth-order valence-electron chi connectivity index (χ4n) is 1.76. The Bertz CT molecular complexity index is 649. The number of benzene rings is 1. The molecule has 0 radical (unpaired) electrons. The Labute approximate surface area is 120 Å². The number of aliphatic hydroxyl groups is 1. The SMILES string of the molecule is O=C(NC1C=CN=CC/C=C\1O)c1cccc([N+](=O)[O-])c1. The molecule has 1 amide bonds. The van der Waals surface area contributed by atoms with Crippen molar-refractivity contribution in [3.8, 4) is 0 Å². The molecule has 1 unspecified atom stereocenters. The van der Waals surface area contributed by atoms with Gasteiger partial charge < -0.3 is 10.4 Å². The number of hydrogen-bond acceptors (Lipinski definition) is 5. The van der Waals surface area contributed by atoms with Crippen molar-refractivity contribution in [1.29, 1.82) is 0 Å². The molecule has 0 spiro atoms. The first kappa shape index (κ1) is 14.4. The molecule has 21 heavy (non-hydrogen) atoms. The van der Waals surface area contributed by atoms with E-state index in [4.69, 9.17) is 0 Å². The number of nitrogens with zero attached hydrogens (tertiary/aromatic N) is 2. The van der Waals surface area contributed by atoms with E-state index in [9.17, 15) is 20.0 Å². The number of nitro groups is 1. The highest BCUT2D eigenvalue weighted by Crippen LogP contribution is 2.14. The van der Waals surface area contributed by atoms with Gasteiger partial charge in [-0.3, -0.25) is 19.9 Å². The molecule has 2 N–H and O–H groups in total. The summed E-state index contributed by atoms with van der Waals surface area (Å²) >= 11 is 0. The van der Waals surface area contributed by atoms with Crippen molar-refractivity contribution in [2.75, 3.05) is 0 Å². The number of nitro benzene ring substituents is 1. The van der Waals surface area contributed by atoms with Crippen molar-refractivity contribution < 1.29 is 14.8 Å². The number of rotatable bonds is 3. The summed E-state index contributed by atoms with van der Waals surface area (Å²) in [5.74, 6) is -0.519. The minimum Gasteiger partial charge on any atom is -0.510 e. The molecule has 1 heterocycles. The number of carbonyl (C=O) groups is 1. The van der Waals surface area contributed by atoms with Gasteiger partial charge in [-0.15, -0.1) is 0 Å². The molecule has 0 fully saturated rings. The summed E-state index contributed by atoms with van der Waals surface area (Å²) in [6.45, 7) is 0. The van der Waals surface area contributed by atoms with Crippen LogP contribution in [0.1, 0.15) is 16.8 Å². The Balaban J connectivity index is 2.17. The topological polar surface area (TPSA) is 105 Å². The number of non-ortho nitro benzene ring substituents is 1. The predicted molar refractivity (Wildman–Crippen MR) is 77.3 cm³/mol. The summed E-state index contributed by atoms with van der Waals surface area (Å²) in [6.07, 6.45) is 6.61. The van der Waals surface area contributed by atoms with Gasteiger partial charge in [0.25, 0.3) is 11.6 Å². The maximum atomic E-state index is 12.1. The monoisotopic (exact) mass is 287 g/mol. The zero-order valence-electron chi connectivity index (χ0n) is 11.0. The van der Waals surface area contributed by atoms with Gasteiger partial charge in [0.15, 0.2) is 0 Å². The molecular weight excluding hydrogens is 274 g/mol. The van der Waals surface area contributed by atoms with Crippen molar-refractivity contribution in [2.45, 2.75) is 12.5 Å². The van der Waals surface area contributed by atoms with Crippen LogP contribution < -0.4 is 5.32 Å². The van der Waals surface area contributed by atoms with Crippen molar-refractivity contribution in [3.05, 3.63) is 64.1 Å². The molecule has 0 aliphatic carbocycles. The maximum Gasteiger partial charge on any atom is 0.270 e. The molecule has 0 bridgehead atoms. The van der Waals surface area contributed by atoms with Crippen LogP contribution in [-0.4, -0.2) is 28.2 Å². The first-order chi connectivity index (χ1) is 10.1. The number of hydrogen-bond donors (Lipinski definition) is 2. The van der Waals surface area contributed by atoms with E-state index in [1.165, 1.54) is 42.6 Å². The summed E-state index contributed by atoms with van der Waals surface area (Å²) in [5, 5.41) is 23.1. The van der Waals surface area contributed by atoms with Crippen LogP contribution in [0, 0.1) is 10.1 Å². The number of aliphatic hydroxyl groups excluding tert-OH is 1. The first-order valence-electron chi connectivity index (χ1n) is 6.20. The summed E-state index contributed by atoms with van der Waals surface area (Å²) < 4.78 is 0. The van der Waals surface area contributed by atoms with Gasteiger partial charge in [0.2, 0.25) is 0 Å². The largest absolute Gasteiger partial charge is 0.510 e. The second-order valence-corrected chi connectivity index (χ2v) is 4.30. The Morgan fingerprint density at radius 3 is 3.05 bits per heavy atom. The first-order valence-corrected chi connectivity index (χ1v) is 6.20. The Morgan fingerprint density at radius 2 is 2.29 bits per heavy atom. The molecule has 108 valence electrons. The van der Waals surface area contributed by atoms with Gasteiger partial charge in [-0.2, -0.15) is 0 Å². The molecule has 0 aromatic heterocycles. The van der Waals surface area contributed by atoms with Gasteiger partial charge in [0, 0.05) is 36.5 Å². The van der Waals surface area contributed by atoms with Crippen LogP contribution in [0.15, 0.2) is 53.4 Å². The molecule has 0 saturated carbocycles. The van der Waals surface area contributed by atoms with Crippen LogP contribution in [0.5, 0.6) is 0 Å². The van der Waals surface area contributed by atoms with E-state index in [2.05, 4.69) is 10.3 Å². The van der Waals surface area contributed by atoms with Crippen LogP contribution in [-0.2, 0) is 0 Å². The number of allylic oxidation sites excluding steroid dienone is 1. The Hall–Kier alpha value is -2.96. The third-order valence-electron chi connectivity index (χ3n) is 2.83. The lowest BCUT2D eigenvalue weighted by Crippen LogP contribution is -2.35. The van der Waals surface area contributed by atoms with Gasteiger partial charge in [0.1, 0.15) is 11.8 Å². The van der Waals surface area contributed by atoms with Crippen LogP contribution in [0.4, 0.5) is 5.69 Å². The van der Waals surface area contributed by atoms with Gasteiger partial charge in [0.05, 0.1) is 4.92 Å². The lowest BCUT2D eigenvalue weighted by Gasteiger charge is -2.15. The number of nitrogens with one attached hydrogen (secondary N) is 1. The summed E-state index contributed by atoms with van der Waals surface area (Å²) in [5.41, 5.74) is -0.0174. The lowest BCUT2D eigenvalue weighted by molar-refractivity contribution is -0.384. The number of amides is 1. The zero-order valence-corrected chi connectivity index (χ0v) is 11.0. The average molecular weight is 287 g/mol. The highest BCUT2D eigenvalue weighted by Gasteiger charge is 2.17. The molecule has 1 aliphatic heterocycles. The third kappa shape index (κ3) is 3.75. The second-order valence-electron chi connectivity index (χ2n) is 4.30. The fourth-order valence-corrected chi connectivity index (χ4v) is 1.76. The van der Waals surface area contributed by atoms with Crippen molar-refractivity contribution >= 4 is 17.8 Å². The Morgan fingerprint density at radius 1 is 1.48 bits per heavy atom. The normalized spacial score (nSPS) is 20.0. The summed E-state index contributed by atoms with van der Waals surface area (Å²) in [4.78, 5) is 26.1. The third-order valence-corrected chi connectivity index (χ3v) is 2.83. The van der Waals surface area contributed by atoms with E-state index in [1.54, 1.807) is 6.21 Å². The quantitative estimate of drug-likeness (QED) is 0.656. The van der Waals surface area contributed by atoms with Crippen LogP contribution in [0.2, 0.25) is 0 Å². The summed E-state index contributed by atoms with van der Waals surface area (Å²) in [6, 6.07) is 4.67. The zero-order chi connectivity index (χ0) is 15.2. The summed E-state index contributed by atoms with van der Waals surface area (Å²) in [7, 11) is 0. The van der Waals surface area contributed by atoms with E-state index in [0.717, 1.165) is 0 Å². The fraction of sp³-hybridized carbons (Fsp3) is 0.143.